The number of alkyl halides is 3. The van der Waals surface area contributed by atoms with E-state index in [2.05, 4.69) is 15.2 Å². The van der Waals surface area contributed by atoms with Crippen molar-refractivity contribution in [2.75, 3.05) is 49.1 Å². The fraction of sp³-hybridized carbons (Fsp3) is 0.458. The zero-order chi connectivity index (χ0) is 24.3. The van der Waals surface area contributed by atoms with Crippen LogP contribution in [-0.4, -0.2) is 67.0 Å². The standard InChI is InChI=1S/C24H28F3N5O2/c1-17(33)30-8-10-31(11-9-30)21-4-2-18(3-5-21)12-23(34)29-20-6-7-32(16-20)22-13-19(14-28-15-22)24(25,26)27/h2-5,13-15,20H,6-12,16H2,1H3,(H,29,34)/t20-/m1/s1. The first kappa shape index (κ1) is 23.8. The van der Waals surface area contributed by atoms with Gasteiger partial charge in [-0.2, -0.15) is 13.2 Å². The molecule has 34 heavy (non-hydrogen) atoms. The van der Waals surface area contributed by atoms with Crippen LogP contribution >= 0.6 is 0 Å². The Balaban J connectivity index is 1.26. The van der Waals surface area contributed by atoms with Crippen LogP contribution in [0.4, 0.5) is 24.5 Å². The molecule has 2 aliphatic rings. The summed E-state index contributed by atoms with van der Waals surface area (Å²) in [6.07, 6.45) is -1.31. The summed E-state index contributed by atoms with van der Waals surface area (Å²) in [6.45, 7) is 5.54. The highest BCUT2D eigenvalue weighted by Crippen LogP contribution is 2.31. The Morgan fingerprint density at radius 1 is 1.00 bits per heavy atom. The predicted molar refractivity (Wildman–Crippen MR) is 123 cm³/mol. The van der Waals surface area contributed by atoms with Gasteiger partial charge in [0, 0.05) is 64.1 Å². The third-order valence-electron chi connectivity index (χ3n) is 6.36. The molecule has 10 heteroatoms. The average Bonchev–Trinajstić information content (AvgIpc) is 3.27. The number of rotatable bonds is 5. The van der Waals surface area contributed by atoms with Gasteiger partial charge in [-0.1, -0.05) is 12.1 Å². The van der Waals surface area contributed by atoms with Crippen molar-refractivity contribution in [1.82, 2.24) is 15.2 Å². The van der Waals surface area contributed by atoms with E-state index in [9.17, 15) is 22.8 Å². The van der Waals surface area contributed by atoms with E-state index in [4.69, 9.17) is 0 Å². The fourth-order valence-electron chi connectivity index (χ4n) is 4.44. The maximum atomic E-state index is 13.0. The van der Waals surface area contributed by atoms with Gasteiger partial charge in [0.1, 0.15) is 0 Å². The van der Waals surface area contributed by atoms with Gasteiger partial charge in [-0.3, -0.25) is 14.6 Å². The van der Waals surface area contributed by atoms with Gasteiger partial charge in [-0.15, -0.1) is 0 Å². The number of benzene rings is 1. The number of carbonyl (C=O) groups excluding carboxylic acids is 2. The van der Waals surface area contributed by atoms with Crippen LogP contribution in [0.5, 0.6) is 0 Å². The topological polar surface area (TPSA) is 68.8 Å². The Labute approximate surface area is 196 Å². The number of amides is 2. The molecule has 2 aliphatic heterocycles. The van der Waals surface area contributed by atoms with Gasteiger partial charge in [0.15, 0.2) is 0 Å². The number of pyridine rings is 1. The summed E-state index contributed by atoms with van der Waals surface area (Å²) in [7, 11) is 0. The summed E-state index contributed by atoms with van der Waals surface area (Å²) in [5.74, 6) is -0.0188. The molecule has 1 N–H and O–H groups in total. The third-order valence-corrected chi connectivity index (χ3v) is 6.36. The first-order chi connectivity index (χ1) is 16.2. The number of anilines is 2. The van der Waals surface area contributed by atoms with Gasteiger partial charge in [0.05, 0.1) is 23.9 Å². The van der Waals surface area contributed by atoms with E-state index in [-0.39, 0.29) is 24.3 Å². The molecule has 7 nitrogen and oxygen atoms in total. The van der Waals surface area contributed by atoms with E-state index < -0.39 is 11.7 Å². The van der Waals surface area contributed by atoms with Crippen LogP contribution in [0.2, 0.25) is 0 Å². The van der Waals surface area contributed by atoms with Gasteiger partial charge < -0.3 is 20.0 Å². The number of hydrogen-bond donors (Lipinski definition) is 1. The molecule has 2 amide bonds. The van der Waals surface area contributed by atoms with Gasteiger partial charge in [0.2, 0.25) is 11.8 Å². The van der Waals surface area contributed by atoms with Crippen molar-refractivity contribution in [3.63, 3.8) is 0 Å². The van der Waals surface area contributed by atoms with E-state index in [1.54, 1.807) is 6.92 Å². The fourth-order valence-corrected chi connectivity index (χ4v) is 4.44. The van der Waals surface area contributed by atoms with Gasteiger partial charge in [-0.25, -0.2) is 0 Å². The summed E-state index contributed by atoms with van der Waals surface area (Å²) in [5.41, 5.74) is 1.59. The third kappa shape index (κ3) is 5.78. The molecule has 0 spiro atoms. The molecule has 0 saturated carbocycles. The quantitative estimate of drug-likeness (QED) is 0.720. The molecule has 0 unspecified atom stereocenters. The number of nitrogens with one attached hydrogen (secondary N) is 1. The number of hydrogen-bond acceptors (Lipinski definition) is 5. The van der Waals surface area contributed by atoms with Crippen molar-refractivity contribution in [3.05, 3.63) is 53.9 Å². The summed E-state index contributed by atoms with van der Waals surface area (Å²) in [6, 6.07) is 8.81. The molecule has 4 rings (SSSR count). The Hall–Kier alpha value is -3.30. The highest BCUT2D eigenvalue weighted by Gasteiger charge is 2.32. The van der Waals surface area contributed by atoms with Crippen LogP contribution in [-0.2, 0) is 22.2 Å². The number of carbonyl (C=O) groups is 2. The maximum Gasteiger partial charge on any atom is 0.417 e. The van der Waals surface area contributed by atoms with Crippen molar-refractivity contribution < 1.29 is 22.8 Å². The molecule has 2 aromatic rings. The van der Waals surface area contributed by atoms with Crippen molar-refractivity contribution in [1.29, 1.82) is 0 Å². The van der Waals surface area contributed by atoms with E-state index in [1.165, 1.54) is 6.20 Å². The Bertz CT molecular complexity index is 1020. The zero-order valence-corrected chi connectivity index (χ0v) is 19.0. The van der Waals surface area contributed by atoms with E-state index in [0.717, 1.165) is 36.6 Å². The number of halogens is 3. The minimum absolute atomic E-state index is 0.0953. The van der Waals surface area contributed by atoms with Crippen LogP contribution < -0.4 is 15.1 Å². The molecule has 182 valence electrons. The highest BCUT2D eigenvalue weighted by molar-refractivity contribution is 5.79. The maximum absolute atomic E-state index is 13.0. The molecular formula is C24H28F3N5O2. The van der Waals surface area contributed by atoms with Crippen molar-refractivity contribution in [2.24, 2.45) is 0 Å². The minimum atomic E-state index is -4.44. The molecule has 1 aromatic heterocycles. The number of nitrogens with zero attached hydrogens (tertiary/aromatic N) is 4. The molecule has 1 aromatic carbocycles. The monoisotopic (exact) mass is 475 g/mol. The van der Waals surface area contributed by atoms with Gasteiger partial charge in [-0.05, 0) is 30.2 Å². The lowest BCUT2D eigenvalue weighted by atomic mass is 10.1. The molecular weight excluding hydrogens is 447 g/mol. The first-order valence-electron chi connectivity index (χ1n) is 11.3. The first-order valence-corrected chi connectivity index (χ1v) is 11.3. The number of aromatic nitrogens is 1. The molecule has 3 heterocycles. The van der Waals surface area contributed by atoms with Crippen LogP contribution in [0.1, 0.15) is 24.5 Å². The number of piperazine rings is 1. The molecule has 0 bridgehead atoms. The van der Waals surface area contributed by atoms with Crippen LogP contribution in [0, 0.1) is 0 Å². The normalized spacial score (nSPS) is 18.8. The minimum Gasteiger partial charge on any atom is -0.368 e. The highest BCUT2D eigenvalue weighted by atomic mass is 19.4. The van der Waals surface area contributed by atoms with Crippen molar-refractivity contribution in [2.45, 2.75) is 32.0 Å². The zero-order valence-electron chi connectivity index (χ0n) is 19.0. The Morgan fingerprint density at radius 2 is 1.71 bits per heavy atom. The van der Waals surface area contributed by atoms with E-state index in [1.807, 2.05) is 34.1 Å². The van der Waals surface area contributed by atoms with E-state index in [0.29, 0.717) is 38.3 Å². The lowest BCUT2D eigenvalue weighted by Crippen LogP contribution is -2.48. The second kappa shape index (κ2) is 9.90. The molecule has 0 radical (unpaired) electrons. The SMILES string of the molecule is CC(=O)N1CCN(c2ccc(CC(=O)N[C@@H]3CCN(c4cncc(C(F)(F)F)c4)C3)cc2)CC1. The lowest BCUT2D eigenvalue weighted by Gasteiger charge is -2.35. The lowest BCUT2D eigenvalue weighted by molar-refractivity contribution is -0.137. The van der Waals surface area contributed by atoms with Crippen LogP contribution in [0.3, 0.4) is 0 Å². The summed E-state index contributed by atoms with van der Waals surface area (Å²) >= 11 is 0. The predicted octanol–water partition coefficient (Wildman–Crippen LogP) is 2.71. The Morgan fingerprint density at radius 3 is 2.35 bits per heavy atom. The van der Waals surface area contributed by atoms with E-state index >= 15 is 0 Å². The second-order valence-electron chi connectivity index (χ2n) is 8.77. The summed E-state index contributed by atoms with van der Waals surface area (Å²) in [4.78, 5) is 33.6. The summed E-state index contributed by atoms with van der Waals surface area (Å²) < 4.78 is 38.9. The van der Waals surface area contributed by atoms with Crippen LogP contribution in [0.25, 0.3) is 0 Å². The van der Waals surface area contributed by atoms with Gasteiger partial charge >= 0.3 is 6.18 Å². The molecule has 2 fully saturated rings. The smallest absolute Gasteiger partial charge is 0.368 e. The van der Waals surface area contributed by atoms with Crippen molar-refractivity contribution in [3.8, 4) is 0 Å². The summed E-state index contributed by atoms with van der Waals surface area (Å²) in [5, 5.41) is 2.99. The second-order valence-corrected chi connectivity index (χ2v) is 8.77. The van der Waals surface area contributed by atoms with Crippen LogP contribution in [0.15, 0.2) is 42.7 Å². The average molecular weight is 476 g/mol. The van der Waals surface area contributed by atoms with Gasteiger partial charge in [0.25, 0.3) is 0 Å². The van der Waals surface area contributed by atoms with Crippen molar-refractivity contribution >= 4 is 23.2 Å². The molecule has 0 aliphatic carbocycles. The molecule has 2 saturated heterocycles. The molecule has 1 atom stereocenters. The largest absolute Gasteiger partial charge is 0.417 e. The Kier molecular flexibility index (Phi) is 6.95.